The minimum atomic E-state index is -2.85. The van der Waals surface area contributed by atoms with Gasteiger partial charge in [0, 0.05) is 31.7 Å². The van der Waals surface area contributed by atoms with Gasteiger partial charge in [-0.2, -0.15) is 0 Å². The SMILES string of the molecule is CC(C)[C@@H]1CC[C@]2(NCCN3CCS(=O)(=O)CC3)CCC3(C)[C@H](CC[C@@H]4[C@@]5(C)CC[C@H](c6ccc(C(=O)O)cc6)C(C)(C)[C@@H]5CC[C@]43C)[C@@H]12. The minimum Gasteiger partial charge on any atom is -0.478 e. The van der Waals surface area contributed by atoms with Crippen LogP contribution in [0.4, 0.5) is 0 Å². The summed E-state index contributed by atoms with van der Waals surface area (Å²) in [6.45, 7) is 21.5. The number of hydrogen-bond acceptors (Lipinski definition) is 5. The van der Waals surface area contributed by atoms with Gasteiger partial charge in [0.25, 0.3) is 0 Å². The monoisotopic (exact) mass is 694 g/mol. The third-order valence-corrected chi connectivity index (χ3v) is 18.9. The summed E-state index contributed by atoms with van der Waals surface area (Å²) in [6.07, 6.45) is 13.1. The first kappa shape index (κ1) is 35.9. The van der Waals surface area contributed by atoms with E-state index in [-0.39, 0.29) is 11.0 Å². The number of nitrogens with zero attached hydrogens (tertiary/aromatic N) is 1. The number of carbonyl (C=O) groups is 1. The van der Waals surface area contributed by atoms with Crippen molar-refractivity contribution in [3.8, 4) is 0 Å². The second kappa shape index (κ2) is 12.3. The summed E-state index contributed by atoms with van der Waals surface area (Å²) in [4.78, 5) is 13.9. The summed E-state index contributed by atoms with van der Waals surface area (Å²) >= 11 is 0. The van der Waals surface area contributed by atoms with E-state index < -0.39 is 15.8 Å². The van der Waals surface area contributed by atoms with Crippen molar-refractivity contribution in [3.63, 3.8) is 0 Å². The molecule has 7 rings (SSSR count). The Morgan fingerprint density at radius 3 is 2.20 bits per heavy atom. The van der Waals surface area contributed by atoms with Gasteiger partial charge in [-0.1, -0.05) is 60.6 Å². The normalized spacial score (nSPS) is 44.4. The zero-order valence-electron chi connectivity index (χ0n) is 31.7. The van der Waals surface area contributed by atoms with E-state index in [4.69, 9.17) is 0 Å². The Labute approximate surface area is 297 Å². The molecule has 5 aliphatic carbocycles. The van der Waals surface area contributed by atoms with Crippen molar-refractivity contribution < 1.29 is 18.3 Å². The fraction of sp³-hybridized carbons (Fsp3) is 0.833. The van der Waals surface area contributed by atoms with E-state index in [0.29, 0.717) is 64.2 Å². The Kier molecular flexibility index (Phi) is 9.04. The molecule has 0 radical (unpaired) electrons. The van der Waals surface area contributed by atoms with Crippen molar-refractivity contribution in [1.29, 1.82) is 0 Å². The van der Waals surface area contributed by atoms with Crippen LogP contribution in [-0.4, -0.2) is 67.6 Å². The molecular weight excluding hydrogens is 629 g/mol. The molecule has 1 aliphatic heterocycles. The lowest BCUT2D eigenvalue weighted by atomic mass is 9.32. The van der Waals surface area contributed by atoms with Crippen LogP contribution in [0, 0.1) is 57.2 Å². The van der Waals surface area contributed by atoms with Crippen molar-refractivity contribution in [2.24, 2.45) is 57.2 Å². The summed E-state index contributed by atoms with van der Waals surface area (Å²) in [7, 11) is -2.85. The summed E-state index contributed by atoms with van der Waals surface area (Å²) in [6, 6.07) is 7.83. The summed E-state index contributed by atoms with van der Waals surface area (Å²) < 4.78 is 24.1. The zero-order valence-corrected chi connectivity index (χ0v) is 32.5. The molecule has 0 bridgehead atoms. The number of nitrogens with one attached hydrogen (secondary N) is 1. The Balaban J connectivity index is 1.12. The van der Waals surface area contributed by atoms with Crippen LogP contribution in [0.1, 0.15) is 135 Å². The van der Waals surface area contributed by atoms with Gasteiger partial charge in [-0.05, 0) is 145 Å². The average Bonchev–Trinajstić information content (AvgIpc) is 3.42. The van der Waals surface area contributed by atoms with E-state index in [1.807, 2.05) is 12.1 Å². The van der Waals surface area contributed by atoms with Gasteiger partial charge in [0.05, 0.1) is 17.1 Å². The molecule has 0 aromatic heterocycles. The molecule has 10 atom stereocenters. The number of carboxylic acid groups (broad SMARTS) is 1. The van der Waals surface area contributed by atoms with Crippen molar-refractivity contribution in [2.75, 3.05) is 37.7 Å². The van der Waals surface area contributed by atoms with Crippen molar-refractivity contribution >= 4 is 15.8 Å². The average molecular weight is 695 g/mol. The third kappa shape index (κ3) is 5.59. The van der Waals surface area contributed by atoms with Gasteiger partial charge in [-0.25, -0.2) is 13.2 Å². The van der Waals surface area contributed by atoms with Gasteiger partial charge >= 0.3 is 5.97 Å². The lowest BCUT2D eigenvalue weighted by molar-refractivity contribution is -0.235. The number of fused-ring (bicyclic) bond motifs is 7. The van der Waals surface area contributed by atoms with E-state index in [0.717, 1.165) is 36.8 Å². The number of benzene rings is 1. The molecular formula is C42H66N2O4S. The van der Waals surface area contributed by atoms with Crippen molar-refractivity contribution in [3.05, 3.63) is 35.4 Å². The van der Waals surface area contributed by atoms with E-state index >= 15 is 0 Å². The number of aromatic carboxylic acids is 1. The summed E-state index contributed by atoms with van der Waals surface area (Å²) in [5, 5.41) is 13.8. The first-order chi connectivity index (χ1) is 23.0. The number of rotatable bonds is 7. The maximum atomic E-state index is 12.0. The van der Waals surface area contributed by atoms with Gasteiger partial charge < -0.3 is 15.3 Å². The molecule has 1 unspecified atom stereocenters. The fourth-order valence-electron chi connectivity index (χ4n) is 14.6. The number of sulfone groups is 1. The Bertz CT molecular complexity index is 1510. The quantitative estimate of drug-likeness (QED) is 0.299. The molecule has 1 saturated heterocycles. The molecule has 5 saturated carbocycles. The smallest absolute Gasteiger partial charge is 0.335 e. The molecule has 274 valence electrons. The molecule has 6 nitrogen and oxygen atoms in total. The maximum Gasteiger partial charge on any atom is 0.335 e. The van der Waals surface area contributed by atoms with E-state index in [1.54, 1.807) is 0 Å². The molecule has 1 aromatic rings. The maximum absolute atomic E-state index is 12.0. The zero-order chi connectivity index (χ0) is 35.2. The standard InChI is InChI=1S/C42H66N2O4S/c1-28(2)31-14-19-42(43-22-23-44-24-26-49(47,48)27-25-44)21-20-40(6)33(36(31)42)12-13-35-39(5)17-15-32(29-8-10-30(11-9-29)37(45)46)38(3,4)34(39)16-18-41(35,40)7/h8-11,28,31-36,43H,12-27H2,1-7H3,(H,45,46)/t31-,32+,33+,34-,35+,36+,39-,40?,41+,42-/m0/s1. The van der Waals surface area contributed by atoms with Crippen LogP contribution in [0.5, 0.6) is 0 Å². The first-order valence-corrected chi connectivity index (χ1v) is 21.8. The predicted octanol–water partition coefficient (Wildman–Crippen LogP) is 8.28. The lowest BCUT2D eigenvalue weighted by Gasteiger charge is -2.73. The summed E-state index contributed by atoms with van der Waals surface area (Å²) in [5.74, 6) is 4.59. The molecule has 7 heteroatoms. The highest BCUT2D eigenvalue weighted by atomic mass is 32.2. The second-order valence-corrected chi connectivity index (χ2v) is 21.9. The molecule has 6 fully saturated rings. The Morgan fingerprint density at radius 2 is 1.55 bits per heavy atom. The molecule has 6 aliphatic rings. The highest BCUT2D eigenvalue weighted by molar-refractivity contribution is 7.91. The Hall–Kier alpha value is -1.44. The van der Waals surface area contributed by atoms with E-state index in [2.05, 4.69) is 70.8 Å². The molecule has 1 aromatic carbocycles. The van der Waals surface area contributed by atoms with Gasteiger partial charge in [0.15, 0.2) is 9.84 Å². The molecule has 2 N–H and O–H groups in total. The number of hydrogen-bond donors (Lipinski definition) is 2. The van der Waals surface area contributed by atoms with Crippen LogP contribution in [0.2, 0.25) is 0 Å². The van der Waals surface area contributed by atoms with Crippen molar-refractivity contribution in [2.45, 2.75) is 124 Å². The van der Waals surface area contributed by atoms with Gasteiger partial charge in [0.1, 0.15) is 0 Å². The van der Waals surface area contributed by atoms with Gasteiger partial charge in [-0.15, -0.1) is 0 Å². The van der Waals surface area contributed by atoms with Crippen LogP contribution < -0.4 is 5.32 Å². The Morgan fingerprint density at radius 1 is 0.857 bits per heavy atom. The third-order valence-electron chi connectivity index (χ3n) is 17.3. The molecule has 0 spiro atoms. The van der Waals surface area contributed by atoms with E-state index in [9.17, 15) is 18.3 Å². The van der Waals surface area contributed by atoms with Crippen molar-refractivity contribution in [1.82, 2.24) is 10.2 Å². The van der Waals surface area contributed by atoms with Gasteiger partial charge in [-0.3, -0.25) is 0 Å². The second-order valence-electron chi connectivity index (χ2n) is 19.6. The number of carboxylic acids is 1. The fourth-order valence-corrected chi connectivity index (χ4v) is 15.9. The minimum absolute atomic E-state index is 0.162. The molecule has 0 amide bonds. The highest BCUT2D eigenvalue weighted by Crippen LogP contribution is 2.77. The largest absolute Gasteiger partial charge is 0.478 e. The van der Waals surface area contributed by atoms with Crippen LogP contribution in [-0.2, 0) is 9.84 Å². The van der Waals surface area contributed by atoms with Crippen LogP contribution in [0.3, 0.4) is 0 Å². The molecule has 49 heavy (non-hydrogen) atoms. The summed E-state index contributed by atoms with van der Waals surface area (Å²) in [5.41, 5.74) is 3.09. The van der Waals surface area contributed by atoms with E-state index in [1.165, 1.54) is 69.8 Å². The highest BCUT2D eigenvalue weighted by Gasteiger charge is 2.71. The van der Waals surface area contributed by atoms with Gasteiger partial charge in [0.2, 0.25) is 0 Å². The topological polar surface area (TPSA) is 86.7 Å². The predicted molar refractivity (Wildman–Crippen MR) is 199 cm³/mol. The van der Waals surface area contributed by atoms with Crippen LogP contribution >= 0.6 is 0 Å². The lowest BCUT2D eigenvalue weighted by Crippen LogP contribution is -2.68. The van der Waals surface area contributed by atoms with Crippen LogP contribution in [0.15, 0.2) is 24.3 Å². The first-order valence-electron chi connectivity index (χ1n) is 20.0. The molecule has 1 heterocycles. The van der Waals surface area contributed by atoms with Crippen LogP contribution in [0.25, 0.3) is 0 Å².